The second kappa shape index (κ2) is 8.53. The number of esters is 1. The second-order valence-corrected chi connectivity index (χ2v) is 7.56. The van der Waals surface area contributed by atoms with Crippen molar-refractivity contribution in [2.75, 3.05) is 4.90 Å². The van der Waals surface area contributed by atoms with Crippen LogP contribution in [0.15, 0.2) is 66.0 Å². The van der Waals surface area contributed by atoms with Gasteiger partial charge in [0.2, 0.25) is 5.91 Å². The summed E-state index contributed by atoms with van der Waals surface area (Å²) in [6.45, 7) is 1.15. The number of ether oxygens (including phenoxy) is 1. The second-order valence-electron chi connectivity index (χ2n) is 6.72. The van der Waals surface area contributed by atoms with Gasteiger partial charge in [-0.1, -0.05) is 36.4 Å². The Morgan fingerprint density at radius 2 is 1.77 bits per heavy atom. The molecular weight excluding hydrogens is 419 g/mol. The Kier molecular flexibility index (Phi) is 5.64. The Labute approximate surface area is 181 Å². The van der Waals surface area contributed by atoms with Gasteiger partial charge in [0.05, 0.1) is 11.4 Å². The van der Waals surface area contributed by atoms with E-state index in [0.717, 1.165) is 22.1 Å². The maximum absolute atomic E-state index is 14.2. The lowest BCUT2D eigenvalue weighted by Crippen LogP contribution is -2.23. The van der Waals surface area contributed by atoms with Gasteiger partial charge in [0, 0.05) is 12.3 Å². The fourth-order valence-electron chi connectivity index (χ4n) is 3.11. The third-order valence-electron chi connectivity index (χ3n) is 4.57. The quantitative estimate of drug-likeness (QED) is 0.436. The van der Waals surface area contributed by atoms with E-state index >= 15 is 0 Å². The van der Waals surface area contributed by atoms with Crippen LogP contribution in [0.3, 0.4) is 0 Å². The summed E-state index contributed by atoms with van der Waals surface area (Å²) in [6.07, 6.45) is 0. The lowest BCUT2D eigenvalue weighted by atomic mass is 10.1. The zero-order chi connectivity index (χ0) is 22.0. The molecule has 4 rings (SSSR count). The maximum Gasteiger partial charge on any atom is 0.342 e. The first-order chi connectivity index (χ1) is 14.9. The van der Waals surface area contributed by atoms with Gasteiger partial charge in [-0.2, -0.15) is 0 Å². The number of aromatic hydroxyl groups is 1. The number of fused-ring (bicyclic) bond motifs is 1. The van der Waals surface area contributed by atoms with Gasteiger partial charge in [0.1, 0.15) is 23.7 Å². The van der Waals surface area contributed by atoms with E-state index in [1.807, 2.05) is 24.3 Å². The first-order valence-electron chi connectivity index (χ1n) is 9.32. The molecule has 0 fully saturated rings. The number of halogens is 1. The Bertz CT molecular complexity index is 1290. The molecule has 3 aromatic carbocycles. The van der Waals surface area contributed by atoms with E-state index < -0.39 is 17.7 Å². The molecule has 1 aromatic heterocycles. The zero-order valence-electron chi connectivity index (χ0n) is 16.4. The molecule has 1 N–H and O–H groups in total. The molecule has 8 heteroatoms. The number of aromatic nitrogens is 1. The number of para-hydroxylation sites is 1. The van der Waals surface area contributed by atoms with Crippen LogP contribution in [0.5, 0.6) is 5.75 Å². The number of rotatable bonds is 5. The molecule has 0 atom stereocenters. The van der Waals surface area contributed by atoms with Crippen LogP contribution >= 0.6 is 11.3 Å². The number of nitrogens with zero attached hydrogens (tertiary/aromatic N) is 2. The number of thiazole rings is 1. The van der Waals surface area contributed by atoms with E-state index in [2.05, 4.69) is 4.98 Å². The lowest BCUT2D eigenvalue weighted by Gasteiger charge is -2.18. The average molecular weight is 436 g/mol. The molecule has 0 radical (unpaired) electrons. The minimum absolute atomic E-state index is 0.0471. The van der Waals surface area contributed by atoms with Crippen LogP contribution in [0, 0.1) is 5.82 Å². The van der Waals surface area contributed by atoms with Gasteiger partial charge in [-0.05, 0) is 35.0 Å². The average Bonchev–Trinajstić information content (AvgIpc) is 3.21. The third-order valence-corrected chi connectivity index (χ3v) is 5.45. The Hall–Kier alpha value is -3.78. The molecule has 0 spiro atoms. The van der Waals surface area contributed by atoms with Crippen molar-refractivity contribution in [3.05, 3.63) is 83.1 Å². The van der Waals surface area contributed by atoms with Crippen molar-refractivity contribution < 1.29 is 23.8 Å². The molecule has 0 saturated carbocycles. The molecule has 31 heavy (non-hydrogen) atoms. The Balaban J connectivity index is 1.52. The number of benzene rings is 3. The van der Waals surface area contributed by atoms with E-state index in [9.17, 15) is 19.1 Å². The van der Waals surface area contributed by atoms with E-state index in [4.69, 9.17) is 4.74 Å². The maximum atomic E-state index is 14.2. The molecule has 0 unspecified atom stereocenters. The van der Waals surface area contributed by atoms with Crippen LogP contribution in [0.2, 0.25) is 0 Å². The van der Waals surface area contributed by atoms with Crippen LogP contribution in [-0.2, 0) is 16.1 Å². The van der Waals surface area contributed by atoms with Crippen molar-refractivity contribution >= 4 is 44.8 Å². The zero-order valence-corrected chi connectivity index (χ0v) is 17.2. The summed E-state index contributed by atoms with van der Waals surface area (Å²) < 4.78 is 19.5. The molecule has 0 saturated heterocycles. The highest BCUT2D eigenvalue weighted by Crippen LogP contribution is 2.31. The van der Waals surface area contributed by atoms with E-state index in [1.54, 1.807) is 17.5 Å². The number of hydrogen-bond donors (Lipinski definition) is 1. The Morgan fingerprint density at radius 1 is 1.10 bits per heavy atom. The minimum Gasteiger partial charge on any atom is -0.507 e. The molecule has 0 aliphatic rings. The van der Waals surface area contributed by atoms with Crippen molar-refractivity contribution in [2.24, 2.45) is 0 Å². The highest BCUT2D eigenvalue weighted by molar-refractivity contribution is 7.14. The summed E-state index contributed by atoms with van der Waals surface area (Å²) in [4.78, 5) is 30.1. The first kappa shape index (κ1) is 20.5. The predicted octanol–water partition coefficient (Wildman–Crippen LogP) is 5.18. The van der Waals surface area contributed by atoms with Gasteiger partial charge in [-0.25, -0.2) is 14.2 Å². The molecule has 1 heterocycles. The lowest BCUT2D eigenvalue weighted by molar-refractivity contribution is -0.115. The summed E-state index contributed by atoms with van der Waals surface area (Å²) in [7, 11) is 0. The highest BCUT2D eigenvalue weighted by Gasteiger charge is 2.21. The predicted molar refractivity (Wildman–Crippen MR) is 116 cm³/mol. The molecule has 6 nitrogen and oxygen atoms in total. The molecule has 1 amide bonds. The van der Waals surface area contributed by atoms with Gasteiger partial charge in [0.15, 0.2) is 5.13 Å². The molecular formula is C23H17FN2O4S. The number of phenols is 1. The van der Waals surface area contributed by atoms with Gasteiger partial charge < -0.3 is 9.84 Å². The third kappa shape index (κ3) is 4.24. The van der Waals surface area contributed by atoms with Crippen molar-refractivity contribution in [2.45, 2.75) is 13.5 Å². The molecule has 156 valence electrons. The van der Waals surface area contributed by atoms with Crippen molar-refractivity contribution in [1.29, 1.82) is 0 Å². The van der Waals surface area contributed by atoms with Crippen molar-refractivity contribution in [1.82, 2.24) is 4.98 Å². The van der Waals surface area contributed by atoms with Crippen LogP contribution in [0.25, 0.3) is 10.8 Å². The molecule has 0 aliphatic carbocycles. The van der Waals surface area contributed by atoms with Gasteiger partial charge >= 0.3 is 5.97 Å². The number of phenolic OH excluding ortho intramolecular Hbond substituents is 1. The summed E-state index contributed by atoms with van der Waals surface area (Å²) in [5.74, 6) is -1.82. The minimum atomic E-state index is -0.699. The number of carbonyl (C=O) groups excluding carboxylic acids is 2. The molecule has 0 bridgehead atoms. The molecule has 4 aromatic rings. The summed E-state index contributed by atoms with van der Waals surface area (Å²) in [5, 5.41) is 13.7. The number of anilines is 2. The fraction of sp³-hybridized carbons (Fsp3) is 0.0870. The highest BCUT2D eigenvalue weighted by atomic mass is 32.1. The van der Waals surface area contributed by atoms with Crippen LogP contribution in [-0.4, -0.2) is 22.0 Å². The van der Waals surface area contributed by atoms with Crippen LogP contribution in [0.4, 0.5) is 15.2 Å². The van der Waals surface area contributed by atoms with Gasteiger partial charge in [-0.15, -0.1) is 11.3 Å². The first-order valence-corrected chi connectivity index (χ1v) is 10.2. The van der Waals surface area contributed by atoms with Gasteiger partial charge in [-0.3, -0.25) is 9.69 Å². The van der Waals surface area contributed by atoms with E-state index in [1.165, 1.54) is 36.1 Å². The SMILES string of the molecule is CC(=O)N(c1nc(COC(=O)c2cc3ccccc3cc2O)cs1)c1ccccc1F. The van der Waals surface area contributed by atoms with Crippen molar-refractivity contribution in [3.63, 3.8) is 0 Å². The molecule has 0 aliphatic heterocycles. The van der Waals surface area contributed by atoms with Crippen LogP contribution in [0.1, 0.15) is 23.0 Å². The van der Waals surface area contributed by atoms with E-state index in [0.29, 0.717) is 5.69 Å². The number of amides is 1. The topological polar surface area (TPSA) is 79.7 Å². The normalized spacial score (nSPS) is 10.8. The number of carbonyl (C=O) groups is 2. The smallest absolute Gasteiger partial charge is 0.342 e. The van der Waals surface area contributed by atoms with Crippen molar-refractivity contribution in [3.8, 4) is 5.75 Å². The summed E-state index contributed by atoms with van der Waals surface area (Å²) >= 11 is 1.13. The number of hydrogen-bond acceptors (Lipinski definition) is 6. The largest absolute Gasteiger partial charge is 0.507 e. The van der Waals surface area contributed by atoms with Gasteiger partial charge in [0.25, 0.3) is 0 Å². The summed E-state index contributed by atoms with van der Waals surface area (Å²) in [6, 6.07) is 16.3. The monoisotopic (exact) mass is 436 g/mol. The Morgan fingerprint density at radius 3 is 2.48 bits per heavy atom. The fourth-order valence-corrected chi connectivity index (χ4v) is 3.98. The van der Waals surface area contributed by atoms with E-state index in [-0.39, 0.29) is 28.7 Å². The standard InChI is InChI=1S/C23H17FN2O4S/c1-14(27)26(20-9-5-4-8-19(20)24)23-25-17(13-31-23)12-30-22(29)18-10-15-6-2-3-7-16(15)11-21(18)28/h2-11,13,28H,12H2,1H3. The van der Waals surface area contributed by atoms with Crippen LogP contribution < -0.4 is 4.90 Å². The summed E-state index contributed by atoms with van der Waals surface area (Å²) in [5.41, 5.74) is 0.538.